The molecule has 0 saturated carbocycles. The lowest BCUT2D eigenvalue weighted by molar-refractivity contribution is -0.113. The second-order valence-electron chi connectivity index (χ2n) is 8.14. The Morgan fingerprint density at radius 2 is 1.46 bits per heavy atom. The van der Waals surface area contributed by atoms with Crippen LogP contribution in [0.1, 0.15) is 23.1 Å². The average molecular weight is 548 g/mol. The predicted molar refractivity (Wildman–Crippen MR) is 149 cm³/mol. The van der Waals surface area contributed by atoms with Crippen LogP contribution in [0.25, 0.3) is 5.69 Å². The number of nitrogens with one attached hydrogen (secondary N) is 2. The first-order valence-electron chi connectivity index (χ1n) is 12.2. The number of methoxy groups -OCH3 is 2. The Hall–Kier alpha value is -4.51. The van der Waals surface area contributed by atoms with Crippen LogP contribution >= 0.6 is 11.8 Å². The lowest BCUT2D eigenvalue weighted by Crippen LogP contribution is -2.24. The number of nitrogens with zero attached hydrogens (tertiary/aromatic N) is 3. The number of benzene rings is 3. The molecule has 2 N–H and O–H groups in total. The summed E-state index contributed by atoms with van der Waals surface area (Å²) in [4.78, 5) is 25.4. The van der Waals surface area contributed by atoms with Gasteiger partial charge in [-0.25, -0.2) is 0 Å². The topological polar surface area (TPSA) is 117 Å². The van der Waals surface area contributed by atoms with Gasteiger partial charge in [0.2, 0.25) is 5.91 Å². The summed E-state index contributed by atoms with van der Waals surface area (Å²) in [5, 5.41) is 14.9. The van der Waals surface area contributed by atoms with Crippen LogP contribution in [0, 0.1) is 0 Å². The number of hydrogen-bond donors (Lipinski definition) is 2. The molecule has 4 aromatic rings. The molecule has 202 valence electrons. The Bertz CT molecular complexity index is 1390. The van der Waals surface area contributed by atoms with Gasteiger partial charge in [-0.15, -0.1) is 10.2 Å². The molecule has 0 spiro atoms. The fourth-order valence-corrected chi connectivity index (χ4v) is 4.40. The number of amides is 2. The standard InChI is InChI=1S/C28H29N5O5S/c1-4-38-24-13-7-20(8-14-24)30-26(34)18-39-28-32-31-25(33(28)21-9-15-23(37-3)16-10-21)17-29-27(35)19-5-11-22(36-2)12-6-19/h5-16H,4,17-18H2,1-3H3,(H,29,35)(H,30,34). The maximum absolute atomic E-state index is 12.7. The van der Waals surface area contributed by atoms with Crippen LogP contribution in [-0.4, -0.2) is 53.2 Å². The molecule has 4 rings (SSSR count). The summed E-state index contributed by atoms with van der Waals surface area (Å²) in [5.74, 6) is 2.28. The maximum atomic E-state index is 12.7. The first-order valence-corrected chi connectivity index (χ1v) is 13.2. The maximum Gasteiger partial charge on any atom is 0.251 e. The largest absolute Gasteiger partial charge is 0.497 e. The van der Waals surface area contributed by atoms with Crippen molar-refractivity contribution in [1.29, 1.82) is 0 Å². The zero-order chi connectivity index (χ0) is 27.6. The van der Waals surface area contributed by atoms with Crippen LogP contribution in [0.4, 0.5) is 5.69 Å². The van der Waals surface area contributed by atoms with E-state index in [1.165, 1.54) is 11.8 Å². The van der Waals surface area contributed by atoms with Crippen LogP contribution in [0.15, 0.2) is 78.0 Å². The summed E-state index contributed by atoms with van der Waals surface area (Å²) in [6, 6.07) is 21.4. The molecule has 1 heterocycles. The van der Waals surface area contributed by atoms with E-state index in [4.69, 9.17) is 14.2 Å². The molecule has 11 heteroatoms. The number of rotatable bonds is 12. The third-order valence-corrected chi connectivity index (χ3v) is 6.50. The van der Waals surface area contributed by atoms with Gasteiger partial charge >= 0.3 is 0 Å². The van der Waals surface area contributed by atoms with Gasteiger partial charge in [-0.1, -0.05) is 11.8 Å². The highest BCUT2D eigenvalue weighted by Gasteiger charge is 2.17. The fraction of sp³-hybridized carbons (Fsp3) is 0.214. The molecule has 1 aromatic heterocycles. The summed E-state index contributed by atoms with van der Waals surface area (Å²) >= 11 is 1.24. The smallest absolute Gasteiger partial charge is 0.251 e. The minimum absolute atomic E-state index is 0.111. The molecular formula is C28H29N5O5S. The predicted octanol–water partition coefficient (Wildman–Crippen LogP) is 4.34. The van der Waals surface area contributed by atoms with Crippen molar-refractivity contribution in [3.05, 3.63) is 84.2 Å². The third-order valence-electron chi connectivity index (χ3n) is 5.57. The summed E-state index contributed by atoms with van der Waals surface area (Å²) in [7, 11) is 3.17. The second kappa shape index (κ2) is 13.3. The van der Waals surface area contributed by atoms with Gasteiger partial charge in [0.05, 0.1) is 33.1 Å². The zero-order valence-corrected chi connectivity index (χ0v) is 22.7. The van der Waals surface area contributed by atoms with E-state index in [1.54, 1.807) is 62.8 Å². The molecule has 0 aliphatic heterocycles. The third kappa shape index (κ3) is 7.29. The first kappa shape index (κ1) is 27.5. The van der Waals surface area contributed by atoms with Crippen molar-refractivity contribution < 1.29 is 23.8 Å². The molecule has 2 amide bonds. The van der Waals surface area contributed by atoms with E-state index in [-0.39, 0.29) is 24.1 Å². The van der Waals surface area contributed by atoms with Gasteiger partial charge in [0.25, 0.3) is 5.91 Å². The van der Waals surface area contributed by atoms with Crippen LogP contribution < -0.4 is 24.8 Å². The zero-order valence-electron chi connectivity index (χ0n) is 21.8. The Morgan fingerprint density at radius 3 is 2.08 bits per heavy atom. The summed E-state index contributed by atoms with van der Waals surface area (Å²) in [5.41, 5.74) is 1.93. The van der Waals surface area contributed by atoms with Gasteiger partial charge in [-0.3, -0.25) is 14.2 Å². The lowest BCUT2D eigenvalue weighted by atomic mass is 10.2. The average Bonchev–Trinajstić information content (AvgIpc) is 3.38. The van der Waals surface area contributed by atoms with E-state index in [0.29, 0.717) is 40.3 Å². The lowest BCUT2D eigenvalue weighted by Gasteiger charge is -2.12. The number of thioether (sulfide) groups is 1. The first-order chi connectivity index (χ1) is 19.0. The van der Waals surface area contributed by atoms with E-state index in [2.05, 4.69) is 20.8 Å². The number of aromatic nitrogens is 3. The van der Waals surface area contributed by atoms with Crippen LogP contribution in [0.2, 0.25) is 0 Å². The van der Waals surface area contributed by atoms with Crippen molar-refractivity contribution in [2.45, 2.75) is 18.6 Å². The quantitative estimate of drug-likeness (QED) is 0.252. The number of carbonyl (C=O) groups is 2. The fourth-order valence-electron chi connectivity index (χ4n) is 3.63. The van der Waals surface area contributed by atoms with Gasteiger partial charge in [0.1, 0.15) is 17.2 Å². The monoisotopic (exact) mass is 547 g/mol. The van der Waals surface area contributed by atoms with Gasteiger partial charge in [-0.2, -0.15) is 0 Å². The minimum atomic E-state index is -0.258. The van der Waals surface area contributed by atoms with Crippen molar-refractivity contribution in [3.63, 3.8) is 0 Å². The highest BCUT2D eigenvalue weighted by molar-refractivity contribution is 7.99. The Kier molecular flexibility index (Phi) is 9.41. The minimum Gasteiger partial charge on any atom is -0.497 e. The van der Waals surface area contributed by atoms with E-state index in [1.807, 2.05) is 35.8 Å². The van der Waals surface area contributed by atoms with Gasteiger partial charge in [0, 0.05) is 16.9 Å². The normalized spacial score (nSPS) is 10.5. The molecule has 0 saturated heterocycles. The molecule has 39 heavy (non-hydrogen) atoms. The van der Waals surface area contributed by atoms with Crippen LogP contribution in [0.3, 0.4) is 0 Å². The molecule has 0 radical (unpaired) electrons. The molecule has 0 atom stereocenters. The number of anilines is 1. The van der Waals surface area contributed by atoms with E-state index in [9.17, 15) is 9.59 Å². The van der Waals surface area contributed by atoms with E-state index in [0.717, 1.165) is 11.4 Å². The molecular weight excluding hydrogens is 518 g/mol. The molecule has 0 aliphatic rings. The number of carbonyl (C=O) groups excluding carboxylic acids is 2. The van der Waals surface area contributed by atoms with Gasteiger partial charge in [-0.05, 0) is 79.7 Å². The van der Waals surface area contributed by atoms with Gasteiger partial charge < -0.3 is 24.8 Å². The van der Waals surface area contributed by atoms with Crippen LogP contribution in [0.5, 0.6) is 17.2 Å². The molecule has 0 aliphatic carbocycles. The van der Waals surface area contributed by atoms with Crippen molar-refractivity contribution >= 4 is 29.3 Å². The molecule has 0 bridgehead atoms. The highest BCUT2D eigenvalue weighted by Crippen LogP contribution is 2.24. The Labute approximate surface area is 230 Å². The van der Waals surface area contributed by atoms with Crippen molar-refractivity contribution in [3.8, 4) is 22.9 Å². The molecule has 3 aromatic carbocycles. The van der Waals surface area contributed by atoms with E-state index < -0.39 is 0 Å². The number of hydrogen-bond acceptors (Lipinski definition) is 8. The Morgan fingerprint density at radius 1 is 0.846 bits per heavy atom. The van der Waals surface area contributed by atoms with Gasteiger partial charge in [0.15, 0.2) is 11.0 Å². The molecule has 0 unspecified atom stereocenters. The van der Waals surface area contributed by atoms with Crippen LogP contribution in [-0.2, 0) is 11.3 Å². The second-order valence-corrected chi connectivity index (χ2v) is 9.08. The van der Waals surface area contributed by atoms with E-state index >= 15 is 0 Å². The molecule has 0 fully saturated rings. The molecule has 10 nitrogen and oxygen atoms in total. The van der Waals surface area contributed by atoms with Crippen molar-refractivity contribution in [1.82, 2.24) is 20.1 Å². The highest BCUT2D eigenvalue weighted by atomic mass is 32.2. The summed E-state index contributed by atoms with van der Waals surface area (Å²) < 4.78 is 17.7. The number of ether oxygens (including phenoxy) is 3. The Balaban J connectivity index is 1.47. The SMILES string of the molecule is CCOc1ccc(NC(=O)CSc2nnc(CNC(=O)c3ccc(OC)cc3)n2-c2ccc(OC)cc2)cc1. The summed E-state index contributed by atoms with van der Waals surface area (Å²) in [6.45, 7) is 2.62. The van der Waals surface area contributed by atoms with Crippen molar-refractivity contribution in [2.75, 3.05) is 31.9 Å². The van der Waals surface area contributed by atoms with Crippen molar-refractivity contribution in [2.24, 2.45) is 0 Å². The summed E-state index contributed by atoms with van der Waals surface area (Å²) in [6.07, 6.45) is 0.